The molecule has 0 atom stereocenters. The van der Waals surface area contributed by atoms with Crippen molar-refractivity contribution in [2.24, 2.45) is 0 Å². The maximum Gasteiger partial charge on any atom is 0.0478 e. The molecule has 0 aliphatic heterocycles. The first kappa shape index (κ1) is 18.7. The lowest BCUT2D eigenvalue weighted by Gasteiger charge is -1.95. The van der Waals surface area contributed by atoms with Crippen LogP contribution in [0.1, 0.15) is 16.0 Å². The molecule has 0 radical (unpaired) electrons. The minimum atomic E-state index is -0.351. The van der Waals surface area contributed by atoms with Crippen LogP contribution < -0.4 is 0 Å². The van der Waals surface area contributed by atoms with E-state index in [1.165, 1.54) is 45.3 Å². The summed E-state index contributed by atoms with van der Waals surface area (Å²) < 4.78 is 8.50. The van der Waals surface area contributed by atoms with Crippen LogP contribution >= 0.6 is 66.4 Å². The molecule has 1 N–H and O–H groups in total. The molecule has 0 fully saturated rings. The smallest absolute Gasteiger partial charge is 0.0478 e. The van der Waals surface area contributed by atoms with Crippen molar-refractivity contribution in [3.63, 3.8) is 0 Å². The molecule has 4 aromatic rings. The highest BCUT2D eigenvalue weighted by atomic mass is 127. The molecule has 0 amide bonds. The van der Waals surface area contributed by atoms with Crippen molar-refractivity contribution in [2.45, 2.75) is 20.3 Å². The Hall–Kier alpha value is -0.670. The fraction of sp³-hybridized carbons (Fsp3) is 0.200. The van der Waals surface area contributed by atoms with Crippen LogP contribution in [0, 0.1) is 17.4 Å². The van der Waals surface area contributed by atoms with Crippen LogP contribution in [0.3, 0.4) is 0 Å². The standard InChI is InChI=1S/C20H18INS4/c1-12-8-10-23-19(12)16-5-6-17(25-16)20-13(2)11-18(26-20)15-4-3-14(24-15)7-9-21-22/h3-6,8,10-11,22H,7,9H2,1-2H3. The second-order valence-corrected chi connectivity index (χ2v) is 12.1. The molecular weight excluding hydrogens is 509 g/mol. The van der Waals surface area contributed by atoms with Crippen LogP contribution in [-0.2, 0) is 6.42 Å². The molecule has 0 aliphatic carbocycles. The lowest BCUT2D eigenvalue weighted by Crippen LogP contribution is -1.77. The zero-order valence-electron chi connectivity index (χ0n) is 14.5. The monoisotopic (exact) mass is 527 g/mol. The van der Waals surface area contributed by atoms with Crippen LogP contribution in [0.15, 0.2) is 41.8 Å². The van der Waals surface area contributed by atoms with Gasteiger partial charge in [0, 0.05) is 38.6 Å². The van der Waals surface area contributed by atoms with Crippen LogP contribution in [0.4, 0.5) is 0 Å². The molecule has 0 saturated carbocycles. The van der Waals surface area contributed by atoms with Gasteiger partial charge in [-0.25, -0.2) is 0 Å². The highest BCUT2D eigenvalue weighted by Gasteiger charge is 2.14. The van der Waals surface area contributed by atoms with E-state index in [1.807, 2.05) is 45.3 Å². The summed E-state index contributed by atoms with van der Waals surface area (Å²) >= 11 is 7.19. The third-order valence-electron chi connectivity index (χ3n) is 4.17. The second kappa shape index (κ2) is 8.14. The number of halogens is 1. The summed E-state index contributed by atoms with van der Waals surface area (Å²) in [6.07, 6.45) is 1.08. The lowest BCUT2D eigenvalue weighted by molar-refractivity contribution is 1.23. The minimum absolute atomic E-state index is 0.351. The van der Waals surface area contributed by atoms with Crippen molar-refractivity contribution in [3.8, 4) is 29.3 Å². The molecule has 4 rings (SSSR count). The fourth-order valence-corrected chi connectivity index (χ4v) is 8.62. The van der Waals surface area contributed by atoms with Gasteiger partial charge in [-0.15, -0.1) is 45.3 Å². The Morgan fingerprint density at radius 2 is 1.58 bits per heavy atom. The Bertz CT molecular complexity index is 1050. The van der Waals surface area contributed by atoms with E-state index in [4.69, 9.17) is 3.56 Å². The molecular formula is C20H18INS4. The molecule has 0 bridgehead atoms. The summed E-state index contributed by atoms with van der Waals surface area (Å²) in [6.45, 7) is 4.42. The van der Waals surface area contributed by atoms with Crippen molar-refractivity contribution < 1.29 is 0 Å². The van der Waals surface area contributed by atoms with Crippen LogP contribution in [-0.4, -0.2) is 4.43 Å². The first-order valence-electron chi connectivity index (χ1n) is 8.25. The molecule has 0 aliphatic rings. The van der Waals surface area contributed by atoms with E-state index in [-0.39, 0.29) is 21.0 Å². The lowest BCUT2D eigenvalue weighted by atomic mass is 10.2. The molecule has 0 aromatic carbocycles. The summed E-state index contributed by atoms with van der Waals surface area (Å²) in [5, 5.41) is 2.18. The minimum Gasteiger partial charge on any atom is -0.278 e. The van der Waals surface area contributed by atoms with E-state index < -0.39 is 0 Å². The van der Waals surface area contributed by atoms with Crippen molar-refractivity contribution in [2.75, 3.05) is 4.43 Å². The molecule has 0 spiro atoms. The highest BCUT2D eigenvalue weighted by Crippen LogP contribution is 2.45. The van der Waals surface area contributed by atoms with E-state index in [9.17, 15) is 0 Å². The maximum absolute atomic E-state index is 7.44. The number of hydrogen-bond donors (Lipinski definition) is 1. The normalized spacial score (nSPS) is 11.3. The number of nitrogens with one attached hydrogen (secondary N) is 1. The number of aryl methyl sites for hydroxylation is 3. The zero-order chi connectivity index (χ0) is 18.1. The first-order chi connectivity index (χ1) is 12.7. The van der Waals surface area contributed by atoms with E-state index in [2.05, 4.69) is 55.6 Å². The van der Waals surface area contributed by atoms with Gasteiger partial charge < -0.3 is 0 Å². The van der Waals surface area contributed by atoms with Crippen molar-refractivity contribution in [1.29, 1.82) is 3.56 Å². The number of alkyl halides is 1. The molecule has 0 saturated heterocycles. The quantitative estimate of drug-likeness (QED) is 0.191. The molecule has 4 heterocycles. The van der Waals surface area contributed by atoms with E-state index in [1.54, 1.807) is 0 Å². The molecule has 26 heavy (non-hydrogen) atoms. The molecule has 6 heteroatoms. The average molecular weight is 528 g/mol. The average Bonchev–Trinajstić information content (AvgIpc) is 3.39. The van der Waals surface area contributed by atoms with Crippen LogP contribution in [0.25, 0.3) is 29.3 Å². The summed E-state index contributed by atoms with van der Waals surface area (Å²) in [5.74, 6) is 0. The topological polar surface area (TPSA) is 23.9 Å². The second-order valence-electron chi connectivity index (χ2n) is 6.06. The Kier molecular flexibility index (Phi) is 5.85. The van der Waals surface area contributed by atoms with Gasteiger partial charge in [0.05, 0.1) is 0 Å². The number of hydrogen-bond acceptors (Lipinski definition) is 5. The van der Waals surface area contributed by atoms with Gasteiger partial charge in [-0.2, -0.15) is 0 Å². The van der Waals surface area contributed by atoms with Gasteiger partial charge in [-0.1, -0.05) is 0 Å². The van der Waals surface area contributed by atoms with Gasteiger partial charge >= 0.3 is 0 Å². The third-order valence-corrected chi connectivity index (χ3v) is 10.3. The van der Waals surface area contributed by atoms with Gasteiger partial charge in [-0.3, -0.25) is 3.56 Å². The maximum atomic E-state index is 7.44. The predicted molar refractivity (Wildman–Crippen MR) is 129 cm³/mol. The number of rotatable bonds is 6. The molecule has 0 unspecified atom stereocenters. The van der Waals surface area contributed by atoms with Gasteiger partial charge in [0.1, 0.15) is 0 Å². The summed E-state index contributed by atoms with van der Waals surface area (Å²) in [7, 11) is 0. The number of thiophene rings is 4. The highest BCUT2D eigenvalue weighted by molar-refractivity contribution is 14.1. The third kappa shape index (κ3) is 3.80. The van der Waals surface area contributed by atoms with Gasteiger partial charge in [-0.05, 0) is 94.2 Å². The van der Waals surface area contributed by atoms with Crippen molar-refractivity contribution >= 4 is 66.4 Å². The first-order valence-corrected chi connectivity index (χ1v) is 14.2. The van der Waals surface area contributed by atoms with E-state index in [0.29, 0.717) is 0 Å². The summed E-state index contributed by atoms with van der Waals surface area (Å²) in [4.78, 5) is 9.71. The zero-order valence-corrected chi connectivity index (χ0v) is 19.9. The Morgan fingerprint density at radius 3 is 2.31 bits per heavy atom. The molecule has 4 aromatic heterocycles. The predicted octanol–water partition coefficient (Wildman–Crippen LogP) is 8.83. The molecule has 1 nitrogen and oxygen atoms in total. The largest absolute Gasteiger partial charge is 0.278 e. The van der Waals surface area contributed by atoms with Gasteiger partial charge in [0.25, 0.3) is 0 Å². The fourth-order valence-electron chi connectivity index (χ4n) is 2.84. The summed E-state index contributed by atoms with van der Waals surface area (Å²) in [5.41, 5.74) is 2.74. The summed E-state index contributed by atoms with van der Waals surface area (Å²) in [6, 6.07) is 13.6. The molecule has 134 valence electrons. The van der Waals surface area contributed by atoms with E-state index >= 15 is 0 Å². The Balaban J connectivity index is 1.63. The van der Waals surface area contributed by atoms with Crippen LogP contribution in [0.2, 0.25) is 0 Å². The van der Waals surface area contributed by atoms with Crippen LogP contribution in [0.5, 0.6) is 0 Å². The SMILES string of the molecule is Cc1ccsc1-c1ccc(-c2sc(-c3ccc(CCI=N)s3)cc2C)s1. The van der Waals surface area contributed by atoms with Crippen molar-refractivity contribution in [3.05, 3.63) is 57.8 Å². The van der Waals surface area contributed by atoms with Gasteiger partial charge in [0.2, 0.25) is 0 Å². The van der Waals surface area contributed by atoms with Crippen molar-refractivity contribution in [1.82, 2.24) is 0 Å². The van der Waals surface area contributed by atoms with E-state index in [0.717, 1.165) is 10.8 Å². The van der Waals surface area contributed by atoms with Gasteiger partial charge in [0.15, 0.2) is 0 Å². The Morgan fingerprint density at radius 1 is 0.808 bits per heavy atom. The Labute approximate surface area is 180 Å².